The van der Waals surface area contributed by atoms with Crippen LogP contribution in [0.5, 0.6) is 5.75 Å². The van der Waals surface area contributed by atoms with Gasteiger partial charge in [-0.3, -0.25) is 0 Å². The Bertz CT molecular complexity index is 741. The Kier molecular flexibility index (Phi) is 5.44. The van der Waals surface area contributed by atoms with Crippen molar-refractivity contribution in [2.24, 2.45) is 4.99 Å². The van der Waals surface area contributed by atoms with E-state index in [0.717, 1.165) is 29.9 Å². The highest BCUT2D eigenvalue weighted by Gasteiger charge is 2.20. The summed E-state index contributed by atoms with van der Waals surface area (Å²) in [5, 5.41) is 18.4. The minimum absolute atomic E-state index is 0.131. The van der Waals surface area contributed by atoms with Crippen molar-refractivity contribution in [1.29, 1.82) is 5.41 Å². The van der Waals surface area contributed by atoms with Gasteiger partial charge in [0, 0.05) is 30.4 Å². The van der Waals surface area contributed by atoms with Crippen LogP contribution in [0.3, 0.4) is 0 Å². The number of hydrogen-bond acceptors (Lipinski definition) is 5. The largest absolute Gasteiger partial charge is 0.506 e. The molecule has 0 aromatic heterocycles. The lowest BCUT2D eigenvalue weighted by Gasteiger charge is -2.21. The summed E-state index contributed by atoms with van der Waals surface area (Å²) in [6.07, 6.45) is 1.81. The molecule has 24 heavy (non-hydrogen) atoms. The number of allylic oxidation sites excluding steroid dienone is 3. The van der Waals surface area contributed by atoms with Gasteiger partial charge >= 0.3 is 0 Å². The third kappa shape index (κ3) is 3.35. The third-order valence-corrected chi connectivity index (χ3v) is 4.23. The number of nitrogens with zero attached hydrogens (tertiary/aromatic N) is 2. The molecule has 0 spiro atoms. The molecule has 0 amide bonds. The maximum atomic E-state index is 10.4. The molecule has 2 N–H and O–H groups in total. The first kappa shape index (κ1) is 17.8. The first-order chi connectivity index (χ1) is 11.4. The SMILES string of the molecule is CCN(CC)c1ccc(N=C2C=C(C)C(=N)C(C)=C2OC)c(O)c1. The summed E-state index contributed by atoms with van der Waals surface area (Å²) in [5.74, 6) is 0.699. The zero-order chi connectivity index (χ0) is 17.9. The monoisotopic (exact) mass is 327 g/mol. The number of nitrogens with one attached hydrogen (secondary N) is 1. The molecule has 0 bridgehead atoms. The highest BCUT2D eigenvalue weighted by atomic mass is 16.5. The van der Waals surface area contributed by atoms with Gasteiger partial charge in [0.1, 0.15) is 22.9 Å². The van der Waals surface area contributed by atoms with E-state index in [4.69, 9.17) is 10.1 Å². The summed E-state index contributed by atoms with van der Waals surface area (Å²) < 4.78 is 5.42. The number of hydrogen-bond donors (Lipinski definition) is 2. The quantitative estimate of drug-likeness (QED) is 0.796. The molecule has 5 nitrogen and oxygen atoms in total. The van der Waals surface area contributed by atoms with Crippen LogP contribution in [-0.4, -0.2) is 36.7 Å². The van der Waals surface area contributed by atoms with Crippen molar-refractivity contribution in [3.63, 3.8) is 0 Å². The number of ether oxygens (including phenoxy) is 1. The lowest BCUT2D eigenvalue weighted by molar-refractivity contribution is 0.312. The Labute approximate surface area is 143 Å². The van der Waals surface area contributed by atoms with E-state index < -0.39 is 0 Å². The number of anilines is 1. The van der Waals surface area contributed by atoms with Crippen molar-refractivity contribution < 1.29 is 9.84 Å². The minimum Gasteiger partial charge on any atom is -0.506 e. The zero-order valence-electron chi connectivity index (χ0n) is 15.0. The Hall–Kier alpha value is -2.56. The molecule has 0 fully saturated rings. The highest BCUT2D eigenvalue weighted by Crippen LogP contribution is 2.33. The predicted octanol–water partition coefficient (Wildman–Crippen LogP) is 4.21. The maximum absolute atomic E-state index is 10.4. The molecule has 1 aromatic rings. The molecule has 0 radical (unpaired) electrons. The van der Waals surface area contributed by atoms with Gasteiger partial charge in [0.05, 0.1) is 12.8 Å². The molecule has 0 unspecified atom stereocenters. The molecule has 0 saturated heterocycles. The van der Waals surface area contributed by atoms with Gasteiger partial charge in [0.2, 0.25) is 0 Å². The fraction of sp³-hybridized carbons (Fsp3) is 0.368. The average molecular weight is 327 g/mol. The molecule has 1 aromatic carbocycles. The smallest absolute Gasteiger partial charge is 0.149 e. The molecule has 0 atom stereocenters. The zero-order valence-corrected chi connectivity index (χ0v) is 15.0. The second-order valence-corrected chi connectivity index (χ2v) is 5.70. The minimum atomic E-state index is 0.131. The van der Waals surface area contributed by atoms with Crippen molar-refractivity contribution in [2.45, 2.75) is 27.7 Å². The molecule has 128 valence electrons. The third-order valence-electron chi connectivity index (χ3n) is 4.23. The van der Waals surface area contributed by atoms with Crippen LogP contribution in [0.4, 0.5) is 11.4 Å². The fourth-order valence-electron chi connectivity index (χ4n) is 2.81. The Morgan fingerprint density at radius 2 is 1.88 bits per heavy atom. The van der Waals surface area contributed by atoms with E-state index in [9.17, 15) is 5.11 Å². The summed E-state index contributed by atoms with van der Waals surface area (Å²) in [5.41, 5.74) is 4.10. The van der Waals surface area contributed by atoms with Gasteiger partial charge in [0.15, 0.2) is 0 Å². The number of methoxy groups -OCH3 is 1. The van der Waals surface area contributed by atoms with Crippen LogP contribution in [0, 0.1) is 5.41 Å². The van der Waals surface area contributed by atoms with Crippen LogP contribution < -0.4 is 4.90 Å². The lowest BCUT2D eigenvalue weighted by atomic mass is 9.95. The van der Waals surface area contributed by atoms with E-state index in [1.807, 2.05) is 32.1 Å². The number of benzene rings is 1. The van der Waals surface area contributed by atoms with Crippen molar-refractivity contribution in [3.8, 4) is 5.75 Å². The standard InChI is InChI=1S/C19H25N3O2/c1-6-22(7-2)14-8-9-15(17(23)11-14)21-16-10-12(3)18(20)13(4)19(16)24-5/h8-11,20,23H,6-7H2,1-5H3. The van der Waals surface area contributed by atoms with Gasteiger partial charge in [-0.15, -0.1) is 0 Å². The summed E-state index contributed by atoms with van der Waals surface area (Å²) in [4.78, 5) is 6.71. The van der Waals surface area contributed by atoms with Gasteiger partial charge in [-0.2, -0.15) is 0 Å². The number of aliphatic imine (C=N–C) groups is 1. The average Bonchev–Trinajstić information content (AvgIpc) is 2.56. The molecular weight excluding hydrogens is 302 g/mol. The van der Waals surface area contributed by atoms with Crippen molar-refractivity contribution in [2.75, 3.05) is 25.1 Å². The van der Waals surface area contributed by atoms with Gasteiger partial charge in [-0.1, -0.05) is 0 Å². The van der Waals surface area contributed by atoms with Crippen molar-refractivity contribution >= 4 is 22.8 Å². The van der Waals surface area contributed by atoms with Crippen molar-refractivity contribution in [3.05, 3.63) is 41.2 Å². The number of phenols is 1. The van der Waals surface area contributed by atoms with E-state index in [1.165, 1.54) is 0 Å². The molecule has 0 aliphatic heterocycles. The Morgan fingerprint density at radius 1 is 1.21 bits per heavy atom. The van der Waals surface area contributed by atoms with Gasteiger partial charge in [0.25, 0.3) is 0 Å². The normalized spacial score (nSPS) is 16.5. The van der Waals surface area contributed by atoms with E-state index in [-0.39, 0.29) is 5.75 Å². The Balaban J connectivity index is 2.45. The summed E-state index contributed by atoms with van der Waals surface area (Å²) in [6, 6.07) is 5.50. The first-order valence-corrected chi connectivity index (χ1v) is 8.12. The van der Waals surface area contributed by atoms with Gasteiger partial charge < -0.3 is 20.2 Å². The Morgan fingerprint density at radius 3 is 2.42 bits per heavy atom. The maximum Gasteiger partial charge on any atom is 0.149 e. The predicted molar refractivity (Wildman–Crippen MR) is 100.0 cm³/mol. The number of aromatic hydroxyl groups is 1. The summed E-state index contributed by atoms with van der Waals surface area (Å²) >= 11 is 0. The molecule has 0 heterocycles. The van der Waals surface area contributed by atoms with Gasteiger partial charge in [-0.25, -0.2) is 4.99 Å². The lowest BCUT2D eigenvalue weighted by Crippen LogP contribution is -2.21. The summed E-state index contributed by atoms with van der Waals surface area (Å²) in [7, 11) is 1.57. The second kappa shape index (κ2) is 7.34. The molecule has 1 aliphatic rings. The van der Waals surface area contributed by atoms with E-state index >= 15 is 0 Å². The second-order valence-electron chi connectivity index (χ2n) is 5.70. The topological polar surface area (TPSA) is 68.9 Å². The first-order valence-electron chi connectivity index (χ1n) is 8.12. The van der Waals surface area contributed by atoms with E-state index in [1.54, 1.807) is 13.2 Å². The molecule has 2 rings (SSSR count). The molecule has 5 heteroatoms. The van der Waals surface area contributed by atoms with Crippen LogP contribution in [0.25, 0.3) is 0 Å². The van der Waals surface area contributed by atoms with E-state index in [2.05, 4.69) is 23.7 Å². The van der Waals surface area contributed by atoms with Crippen LogP contribution in [-0.2, 0) is 4.74 Å². The van der Waals surface area contributed by atoms with Crippen LogP contribution in [0.1, 0.15) is 27.7 Å². The van der Waals surface area contributed by atoms with Crippen LogP contribution in [0.15, 0.2) is 46.2 Å². The fourth-order valence-corrected chi connectivity index (χ4v) is 2.81. The molecular formula is C19H25N3O2. The van der Waals surface area contributed by atoms with Gasteiger partial charge in [-0.05, 0) is 51.5 Å². The van der Waals surface area contributed by atoms with Crippen LogP contribution in [0.2, 0.25) is 0 Å². The molecule has 0 saturated carbocycles. The van der Waals surface area contributed by atoms with E-state index in [0.29, 0.717) is 22.9 Å². The summed E-state index contributed by atoms with van der Waals surface area (Å²) in [6.45, 7) is 9.64. The van der Waals surface area contributed by atoms with Crippen LogP contribution >= 0.6 is 0 Å². The molecule has 1 aliphatic carbocycles. The number of phenolic OH excluding ortho intramolecular Hbond substituents is 1. The highest BCUT2D eigenvalue weighted by molar-refractivity contribution is 6.24. The van der Waals surface area contributed by atoms with Crippen molar-refractivity contribution in [1.82, 2.24) is 0 Å². The number of rotatable bonds is 5.